The number of nitrogens with one attached hydrogen (secondary N) is 1. The SMILES string of the molecule is CC(=O)CC(O)C(=N)N. The molecule has 1 unspecified atom stereocenters. The molecule has 0 saturated heterocycles. The third-order valence-corrected chi connectivity index (χ3v) is 0.840. The molecule has 0 aromatic carbocycles. The van der Waals surface area contributed by atoms with Gasteiger partial charge in [-0.05, 0) is 6.92 Å². The summed E-state index contributed by atoms with van der Waals surface area (Å²) in [6.45, 7) is 1.34. The van der Waals surface area contributed by atoms with E-state index in [4.69, 9.17) is 16.2 Å². The van der Waals surface area contributed by atoms with Gasteiger partial charge in [-0.15, -0.1) is 0 Å². The molecule has 0 spiro atoms. The van der Waals surface area contributed by atoms with E-state index in [-0.39, 0.29) is 18.0 Å². The molecule has 4 N–H and O–H groups in total. The molecule has 1 atom stereocenters. The first kappa shape index (κ1) is 8.10. The van der Waals surface area contributed by atoms with Crippen LogP contribution in [0, 0.1) is 5.41 Å². The van der Waals surface area contributed by atoms with Crippen molar-refractivity contribution in [1.29, 1.82) is 5.41 Å². The third-order valence-electron chi connectivity index (χ3n) is 0.840. The molecule has 4 heteroatoms. The number of amidine groups is 1. The van der Waals surface area contributed by atoms with E-state index in [0.29, 0.717) is 0 Å². The number of rotatable bonds is 3. The van der Waals surface area contributed by atoms with Crippen LogP contribution in [0.2, 0.25) is 0 Å². The van der Waals surface area contributed by atoms with E-state index in [9.17, 15) is 4.79 Å². The molecule has 0 aromatic rings. The largest absolute Gasteiger partial charge is 0.385 e. The second-order valence-electron chi connectivity index (χ2n) is 1.88. The fraction of sp³-hybridized carbons (Fsp3) is 0.600. The molecule has 0 aliphatic carbocycles. The van der Waals surface area contributed by atoms with Gasteiger partial charge in [0.2, 0.25) is 0 Å². The zero-order valence-corrected chi connectivity index (χ0v) is 5.22. The summed E-state index contributed by atoms with van der Waals surface area (Å²) in [5, 5.41) is 15.4. The summed E-state index contributed by atoms with van der Waals surface area (Å²) in [5.74, 6) is -0.525. The van der Waals surface area contributed by atoms with Crippen LogP contribution in [0.3, 0.4) is 0 Å². The van der Waals surface area contributed by atoms with Gasteiger partial charge < -0.3 is 10.8 Å². The number of ketones is 1. The van der Waals surface area contributed by atoms with E-state index in [0.717, 1.165) is 0 Å². The van der Waals surface area contributed by atoms with Crippen molar-refractivity contribution >= 4 is 11.6 Å². The number of nitrogens with two attached hydrogens (primary N) is 1. The highest BCUT2D eigenvalue weighted by Gasteiger charge is 2.08. The molecule has 9 heavy (non-hydrogen) atoms. The lowest BCUT2D eigenvalue weighted by atomic mass is 10.2. The molecule has 0 radical (unpaired) electrons. The summed E-state index contributed by atoms with van der Waals surface area (Å²) in [4.78, 5) is 10.2. The van der Waals surface area contributed by atoms with Gasteiger partial charge in [0.25, 0.3) is 0 Å². The van der Waals surface area contributed by atoms with Crippen LogP contribution < -0.4 is 5.73 Å². The van der Waals surface area contributed by atoms with Crippen molar-refractivity contribution in [1.82, 2.24) is 0 Å². The minimum Gasteiger partial charge on any atom is -0.385 e. The second kappa shape index (κ2) is 3.19. The highest BCUT2D eigenvalue weighted by molar-refractivity contribution is 5.87. The number of hydrogen-bond acceptors (Lipinski definition) is 3. The van der Waals surface area contributed by atoms with Crippen molar-refractivity contribution in [2.75, 3.05) is 0 Å². The van der Waals surface area contributed by atoms with Crippen molar-refractivity contribution in [2.24, 2.45) is 5.73 Å². The number of carbonyl (C=O) groups is 1. The van der Waals surface area contributed by atoms with Crippen LogP contribution in [0.5, 0.6) is 0 Å². The van der Waals surface area contributed by atoms with E-state index >= 15 is 0 Å². The third kappa shape index (κ3) is 3.66. The van der Waals surface area contributed by atoms with Gasteiger partial charge in [0.1, 0.15) is 17.7 Å². The Balaban J connectivity index is 3.63. The fourth-order valence-electron chi connectivity index (χ4n) is 0.382. The predicted molar refractivity (Wildman–Crippen MR) is 33.2 cm³/mol. The maximum absolute atomic E-state index is 10.2. The highest BCUT2D eigenvalue weighted by atomic mass is 16.3. The second-order valence-corrected chi connectivity index (χ2v) is 1.88. The quantitative estimate of drug-likeness (QED) is 0.347. The Morgan fingerprint density at radius 2 is 2.33 bits per heavy atom. The van der Waals surface area contributed by atoms with E-state index in [1.54, 1.807) is 0 Å². The van der Waals surface area contributed by atoms with Crippen LogP contribution in [-0.4, -0.2) is 22.8 Å². The van der Waals surface area contributed by atoms with Crippen LogP contribution >= 0.6 is 0 Å². The fourth-order valence-corrected chi connectivity index (χ4v) is 0.382. The standard InChI is InChI=1S/C5H10N2O2/c1-3(8)2-4(9)5(6)7/h4,9H,2H2,1H3,(H3,6,7). The van der Waals surface area contributed by atoms with E-state index < -0.39 is 6.10 Å². The molecule has 0 aromatic heterocycles. The summed E-state index contributed by atoms with van der Waals surface area (Å²) >= 11 is 0. The van der Waals surface area contributed by atoms with Crippen molar-refractivity contribution in [3.05, 3.63) is 0 Å². The highest BCUT2D eigenvalue weighted by Crippen LogP contribution is 1.90. The summed E-state index contributed by atoms with van der Waals surface area (Å²) in [7, 11) is 0. The van der Waals surface area contributed by atoms with Gasteiger partial charge in [-0.2, -0.15) is 0 Å². The van der Waals surface area contributed by atoms with Crippen LogP contribution in [0.25, 0.3) is 0 Å². The van der Waals surface area contributed by atoms with Gasteiger partial charge >= 0.3 is 0 Å². The molecule has 0 saturated carbocycles. The van der Waals surface area contributed by atoms with E-state index in [1.165, 1.54) is 6.92 Å². The molecule has 52 valence electrons. The Kier molecular flexibility index (Phi) is 2.87. The van der Waals surface area contributed by atoms with Crippen LogP contribution in [-0.2, 0) is 4.79 Å². The van der Waals surface area contributed by atoms with Gasteiger partial charge in [-0.25, -0.2) is 0 Å². The van der Waals surface area contributed by atoms with E-state index in [2.05, 4.69) is 0 Å². The van der Waals surface area contributed by atoms with Gasteiger partial charge in [0, 0.05) is 6.42 Å². The summed E-state index contributed by atoms with van der Waals surface area (Å²) in [6, 6.07) is 0. The van der Waals surface area contributed by atoms with Crippen molar-refractivity contribution in [2.45, 2.75) is 19.4 Å². The Morgan fingerprint density at radius 3 is 2.44 bits per heavy atom. The number of aliphatic hydroxyl groups is 1. The number of carbonyl (C=O) groups excluding carboxylic acids is 1. The smallest absolute Gasteiger partial charge is 0.132 e. The molecule has 0 aliphatic rings. The monoisotopic (exact) mass is 130 g/mol. The van der Waals surface area contributed by atoms with Crippen LogP contribution in [0.1, 0.15) is 13.3 Å². The first-order chi connectivity index (χ1) is 4.04. The molecule has 0 rings (SSSR count). The Labute approximate surface area is 53.2 Å². The van der Waals surface area contributed by atoms with Crippen molar-refractivity contribution in [3.63, 3.8) is 0 Å². The zero-order chi connectivity index (χ0) is 7.44. The minimum atomic E-state index is -1.09. The molecule has 0 aliphatic heterocycles. The molecular weight excluding hydrogens is 120 g/mol. The molecule has 0 bridgehead atoms. The van der Waals surface area contributed by atoms with Crippen molar-refractivity contribution < 1.29 is 9.90 Å². The van der Waals surface area contributed by atoms with Crippen molar-refractivity contribution in [3.8, 4) is 0 Å². The molecule has 4 nitrogen and oxygen atoms in total. The Hall–Kier alpha value is -0.900. The average molecular weight is 130 g/mol. The summed E-state index contributed by atoms with van der Waals surface area (Å²) < 4.78 is 0. The normalized spacial score (nSPS) is 12.7. The Morgan fingerprint density at radius 1 is 1.89 bits per heavy atom. The van der Waals surface area contributed by atoms with Crippen LogP contribution in [0.15, 0.2) is 0 Å². The predicted octanol–water partition coefficient (Wildman–Crippen LogP) is -0.738. The lowest BCUT2D eigenvalue weighted by Gasteiger charge is -2.03. The Bertz CT molecular complexity index is 133. The zero-order valence-electron chi connectivity index (χ0n) is 5.22. The summed E-state index contributed by atoms with van der Waals surface area (Å²) in [5.41, 5.74) is 4.87. The lowest BCUT2D eigenvalue weighted by Crippen LogP contribution is -2.29. The topological polar surface area (TPSA) is 87.2 Å². The van der Waals surface area contributed by atoms with Gasteiger partial charge in [0.05, 0.1) is 0 Å². The number of hydrogen-bond donors (Lipinski definition) is 3. The van der Waals surface area contributed by atoms with E-state index in [1.807, 2.05) is 0 Å². The maximum atomic E-state index is 10.2. The maximum Gasteiger partial charge on any atom is 0.132 e. The van der Waals surface area contributed by atoms with Gasteiger partial charge in [0.15, 0.2) is 0 Å². The lowest BCUT2D eigenvalue weighted by molar-refractivity contribution is -0.118. The minimum absolute atomic E-state index is 0.0602. The molecule has 0 fully saturated rings. The van der Waals surface area contributed by atoms with Gasteiger partial charge in [-0.3, -0.25) is 10.2 Å². The van der Waals surface area contributed by atoms with Gasteiger partial charge in [-0.1, -0.05) is 0 Å². The first-order valence-electron chi connectivity index (χ1n) is 2.55. The number of aliphatic hydroxyl groups excluding tert-OH is 1. The average Bonchev–Trinajstić information content (AvgIpc) is 1.63. The number of Topliss-reactive ketones (excluding diaryl/α,β-unsaturated/α-hetero) is 1. The molecular formula is C5H10N2O2. The molecule has 0 heterocycles. The summed E-state index contributed by atoms with van der Waals surface area (Å²) in [6.07, 6.45) is -1.16. The molecule has 0 amide bonds. The van der Waals surface area contributed by atoms with Crippen LogP contribution in [0.4, 0.5) is 0 Å². The first-order valence-corrected chi connectivity index (χ1v) is 2.55.